The van der Waals surface area contributed by atoms with Crippen molar-refractivity contribution in [3.05, 3.63) is 29.3 Å². The van der Waals surface area contributed by atoms with Gasteiger partial charge >= 0.3 is 0 Å². The molecule has 1 nitrogen and oxygen atoms in total. The predicted octanol–water partition coefficient (Wildman–Crippen LogP) is 2.55. The van der Waals surface area contributed by atoms with E-state index < -0.39 is 0 Å². The fourth-order valence-corrected chi connectivity index (χ4v) is 1.50. The molecule has 66 valence electrons. The van der Waals surface area contributed by atoms with Crippen LogP contribution >= 0.6 is 25.3 Å². The fourth-order valence-electron chi connectivity index (χ4n) is 1.05. The fraction of sp³-hybridized carbons (Fsp3) is 0.333. The zero-order valence-corrected chi connectivity index (χ0v) is 8.74. The largest absolute Gasteiger partial charge is 0.496 e. The Morgan fingerprint density at radius 3 is 2.50 bits per heavy atom. The summed E-state index contributed by atoms with van der Waals surface area (Å²) < 4.78 is 5.16. The molecular formula is C9H12OS2. The number of rotatable bonds is 3. The number of benzene rings is 1. The van der Waals surface area contributed by atoms with Gasteiger partial charge in [-0.3, -0.25) is 0 Å². The van der Waals surface area contributed by atoms with E-state index in [1.165, 1.54) is 5.56 Å². The van der Waals surface area contributed by atoms with E-state index >= 15 is 0 Å². The standard InChI is InChI=1S/C9H12OS2/c1-10-9-3-2-7(5-11)4-8(9)6-12/h2-4,11-12H,5-6H2,1H3. The lowest BCUT2D eigenvalue weighted by Crippen LogP contribution is -1.90. The lowest BCUT2D eigenvalue weighted by atomic mass is 10.1. The molecule has 0 radical (unpaired) electrons. The topological polar surface area (TPSA) is 9.23 Å². The van der Waals surface area contributed by atoms with E-state index in [9.17, 15) is 0 Å². The summed E-state index contributed by atoms with van der Waals surface area (Å²) in [6.45, 7) is 0. The van der Waals surface area contributed by atoms with Crippen LogP contribution in [-0.2, 0) is 11.5 Å². The first-order valence-electron chi connectivity index (χ1n) is 3.69. The van der Waals surface area contributed by atoms with Gasteiger partial charge in [0, 0.05) is 17.1 Å². The molecule has 0 aromatic heterocycles. The third kappa shape index (κ3) is 2.11. The van der Waals surface area contributed by atoms with Crippen LogP contribution in [0.3, 0.4) is 0 Å². The Labute approximate surface area is 83.9 Å². The number of hydrogen-bond acceptors (Lipinski definition) is 3. The van der Waals surface area contributed by atoms with E-state index in [1.54, 1.807) is 7.11 Å². The molecule has 0 aliphatic rings. The van der Waals surface area contributed by atoms with Gasteiger partial charge in [-0.1, -0.05) is 12.1 Å². The summed E-state index contributed by atoms with van der Waals surface area (Å²) in [5.74, 6) is 2.35. The van der Waals surface area contributed by atoms with Crippen molar-refractivity contribution in [2.75, 3.05) is 7.11 Å². The van der Waals surface area contributed by atoms with E-state index in [2.05, 4.69) is 31.3 Å². The Hall–Kier alpha value is -0.280. The number of ether oxygens (including phenoxy) is 1. The van der Waals surface area contributed by atoms with Crippen molar-refractivity contribution in [3.63, 3.8) is 0 Å². The van der Waals surface area contributed by atoms with Crippen LogP contribution in [0.1, 0.15) is 11.1 Å². The van der Waals surface area contributed by atoms with Crippen LogP contribution in [0.25, 0.3) is 0 Å². The molecule has 0 atom stereocenters. The molecule has 0 saturated carbocycles. The Kier molecular flexibility index (Phi) is 3.82. The molecule has 1 aromatic carbocycles. The van der Waals surface area contributed by atoms with Gasteiger partial charge in [-0.2, -0.15) is 25.3 Å². The minimum atomic E-state index is 0.699. The first-order valence-corrected chi connectivity index (χ1v) is 4.95. The lowest BCUT2D eigenvalue weighted by molar-refractivity contribution is 0.411. The zero-order chi connectivity index (χ0) is 8.97. The van der Waals surface area contributed by atoms with Crippen LogP contribution < -0.4 is 4.74 Å². The number of thiol groups is 2. The predicted molar refractivity (Wildman–Crippen MR) is 58.4 cm³/mol. The van der Waals surface area contributed by atoms with Gasteiger partial charge < -0.3 is 4.74 Å². The second-order valence-electron chi connectivity index (χ2n) is 2.46. The number of hydrogen-bond donors (Lipinski definition) is 2. The van der Waals surface area contributed by atoms with E-state index in [0.29, 0.717) is 5.75 Å². The highest BCUT2D eigenvalue weighted by Gasteiger charge is 2.00. The van der Waals surface area contributed by atoms with Crippen molar-refractivity contribution in [1.29, 1.82) is 0 Å². The molecule has 0 bridgehead atoms. The molecule has 0 unspecified atom stereocenters. The van der Waals surface area contributed by atoms with Crippen LogP contribution in [0.5, 0.6) is 5.75 Å². The van der Waals surface area contributed by atoms with Crippen LogP contribution in [0.15, 0.2) is 18.2 Å². The van der Waals surface area contributed by atoms with Crippen molar-refractivity contribution < 1.29 is 4.74 Å². The molecule has 1 aromatic rings. The molecule has 0 spiro atoms. The molecule has 0 saturated heterocycles. The molecule has 12 heavy (non-hydrogen) atoms. The van der Waals surface area contributed by atoms with Crippen molar-refractivity contribution in [2.45, 2.75) is 11.5 Å². The first kappa shape index (κ1) is 9.81. The van der Waals surface area contributed by atoms with Crippen molar-refractivity contribution in [2.24, 2.45) is 0 Å². The number of methoxy groups -OCH3 is 1. The van der Waals surface area contributed by atoms with Crippen molar-refractivity contribution in [1.82, 2.24) is 0 Å². The second kappa shape index (κ2) is 4.67. The Bertz CT molecular complexity index is 261. The molecule has 0 aliphatic heterocycles. The Balaban J connectivity index is 3.02. The molecule has 0 fully saturated rings. The van der Waals surface area contributed by atoms with E-state index in [0.717, 1.165) is 17.1 Å². The van der Waals surface area contributed by atoms with Gasteiger partial charge in [0.15, 0.2) is 0 Å². The molecule has 0 amide bonds. The lowest BCUT2D eigenvalue weighted by Gasteiger charge is -2.07. The molecule has 0 N–H and O–H groups in total. The summed E-state index contributed by atoms with van der Waals surface area (Å²) >= 11 is 8.41. The van der Waals surface area contributed by atoms with Crippen molar-refractivity contribution >= 4 is 25.3 Å². The van der Waals surface area contributed by atoms with Gasteiger partial charge in [0.05, 0.1) is 7.11 Å². The smallest absolute Gasteiger partial charge is 0.122 e. The highest BCUT2D eigenvalue weighted by Crippen LogP contribution is 2.21. The van der Waals surface area contributed by atoms with E-state index in [1.807, 2.05) is 12.1 Å². The monoisotopic (exact) mass is 200 g/mol. The minimum absolute atomic E-state index is 0.699. The van der Waals surface area contributed by atoms with Gasteiger partial charge in [0.1, 0.15) is 5.75 Å². The quantitative estimate of drug-likeness (QED) is 0.713. The van der Waals surface area contributed by atoms with Crippen LogP contribution in [0.2, 0.25) is 0 Å². The molecule has 0 aliphatic carbocycles. The van der Waals surface area contributed by atoms with E-state index in [4.69, 9.17) is 4.74 Å². The van der Waals surface area contributed by atoms with Gasteiger partial charge in [0.2, 0.25) is 0 Å². The SMILES string of the molecule is COc1ccc(CS)cc1CS. The Morgan fingerprint density at radius 2 is 2.00 bits per heavy atom. The molecule has 1 rings (SSSR count). The van der Waals surface area contributed by atoms with E-state index in [-0.39, 0.29) is 0 Å². The summed E-state index contributed by atoms with van der Waals surface area (Å²) in [7, 11) is 1.67. The summed E-state index contributed by atoms with van der Waals surface area (Å²) in [4.78, 5) is 0. The molecular weight excluding hydrogens is 188 g/mol. The molecule has 0 heterocycles. The van der Waals surface area contributed by atoms with Gasteiger partial charge in [0.25, 0.3) is 0 Å². The summed E-state index contributed by atoms with van der Waals surface area (Å²) in [6.07, 6.45) is 0. The third-order valence-corrected chi connectivity index (χ3v) is 2.40. The maximum atomic E-state index is 5.16. The second-order valence-corrected chi connectivity index (χ2v) is 3.09. The summed E-state index contributed by atoms with van der Waals surface area (Å²) in [5.41, 5.74) is 2.32. The van der Waals surface area contributed by atoms with Crippen molar-refractivity contribution in [3.8, 4) is 5.75 Å². The zero-order valence-electron chi connectivity index (χ0n) is 6.95. The van der Waals surface area contributed by atoms with Crippen LogP contribution in [0.4, 0.5) is 0 Å². The van der Waals surface area contributed by atoms with Crippen LogP contribution in [-0.4, -0.2) is 7.11 Å². The maximum absolute atomic E-state index is 5.16. The average molecular weight is 200 g/mol. The summed E-state index contributed by atoms with van der Waals surface area (Å²) in [5, 5.41) is 0. The van der Waals surface area contributed by atoms with Crippen LogP contribution in [0, 0.1) is 0 Å². The third-order valence-electron chi connectivity index (χ3n) is 1.70. The minimum Gasteiger partial charge on any atom is -0.496 e. The maximum Gasteiger partial charge on any atom is 0.122 e. The average Bonchev–Trinajstić information content (AvgIpc) is 2.16. The van der Waals surface area contributed by atoms with Gasteiger partial charge in [-0.05, 0) is 11.6 Å². The highest BCUT2D eigenvalue weighted by atomic mass is 32.1. The molecule has 3 heteroatoms. The van der Waals surface area contributed by atoms with Gasteiger partial charge in [-0.15, -0.1) is 0 Å². The Morgan fingerprint density at radius 1 is 1.25 bits per heavy atom. The highest BCUT2D eigenvalue weighted by molar-refractivity contribution is 7.79. The normalized spacial score (nSPS) is 9.92. The first-order chi connectivity index (χ1) is 5.81. The summed E-state index contributed by atoms with van der Waals surface area (Å²) in [6, 6.07) is 6.04. The van der Waals surface area contributed by atoms with Gasteiger partial charge in [-0.25, -0.2) is 0 Å².